The van der Waals surface area contributed by atoms with Gasteiger partial charge in [0.2, 0.25) is 0 Å². The van der Waals surface area contributed by atoms with Gasteiger partial charge in [0.25, 0.3) is 5.91 Å². The smallest absolute Gasteiger partial charge is 0.255 e. The van der Waals surface area contributed by atoms with Gasteiger partial charge in [-0.2, -0.15) is 0 Å². The molecular formula is C16H18N2O2. The first kappa shape index (κ1) is 14.1. The predicted molar refractivity (Wildman–Crippen MR) is 81.1 cm³/mol. The molecule has 0 heterocycles. The first-order chi connectivity index (χ1) is 9.61. The molecule has 0 unspecified atom stereocenters. The molecule has 1 amide bonds. The van der Waals surface area contributed by atoms with Gasteiger partial charge < -0.3 is 15.3 Å². The average molecular weight is 270 g/mol. The van der Waals surface area contributed by atoms with Crippen molar-refractivity contribution in [3.8, 4) is 0 Å². The maximum absolute atomic E-state index is 12.2. The van der Waals surface area contributed by atoms with Gasteiger partial charge in [-0.1, -0.05) is 18.2 Å². The van der Waals surface area contributed by atoms with E-state index in [4.69, 9.17) is 0 Å². The highest BCUT2D eigenvalue weighted by Gasteiger charge is 2.08. The molecule has 104 valence electrons. The third-order valence-electron chi connectivity index (χ3n) is 3.08. The fourth-order valence-corrected chi connectivity index (χ4v) is 1.89. The molecule has 0 atom stereocenters. The van der Waals surface area contributed by atoms with Gasteiger partial charge in [0.05, 0.1) is 6.61 Å². The van der Waals surface area contributed by atoms with Crippen LogP contribution in [0.25, 0.3) is 0 Å². The van der Waals surface area contributed by atoms with E-state index < -0.39 is 0 Å². The molecule has 2 rings (SSSR count). The van der Waals surface area contributed by atoms with Crippen LogP contribution < -0.4 is 10.2 Å². The number of carbonyl (C=O) groups is 1. The van der Waals surface area contributed by atoms with E-state index in [0.29, 0.717) is 16.8 Å². The fourth-order valence-electron chi connectivity index (χ4n) is 1.89. The van der Waals surface area contributed by atoms with Gasteiger partial charge >= 0.3 is 0 Å². The number of nitrogens with one attached hydrogen (secondary N) is 1. The van der Waals surface area contributed by atoms with Crippen LogP contribution in [0.5, 0.6) is 0 Å². The fraction of sp³-hybridized carbons (Fsp3) is 0.188. The molecule has 0 saturated carbocycles. The number of hydrogen-bond acceptors (Lipinski definition) is 3. The third-order valence-corrected chi connectivity index (χ3v) is 3.08. The van der Waals surface area contributed by atoms with Crippen LogP contribution in [0.4, 0.5) is 11.4 Å². The highest BCUT2D eigenvalue weighted by Crippen LogP contribution is 2.17. The highest BCUT2D eigenvalue weighted by molar-refractivity contribution is 6.04. The summed E-state index contributed by atoms with van der Waals surface area (Å²) in [6.45, 7) is -0.101. The summed E-state index contributed by atoms with van der Waals surface area (Å²) in [5, 5.41) is 12.1. The molecule has 2 aromatic carbocycles. The van der Waals surface area contributed by atoms with Crippen molar-refractivity contribution in [1.29, 1.82) is 0 Å². The Kier molecular flexibility index (Phi) is 4.38. The van der Waals surface area contributed by atoms with Gasteiger partial charge in [-0.25, -0.2) is 0 Å². The van der Waals surface area contributed by atoms with Crippen LogP contribution in [0.3, 0.4) is 0 Å². The maximum atomic E-state index is 12.2. The van der Waals surface area contributed by atoms with E-state index in [1.807, 2.05) is 43.3 Å². The van der Waals surface area contributed by atoms with Crippen LogP contribution in [0, 0.1) is 0 Å². The number of hydrogen-bond donors (Lipinski definition) is 2. The highest BCUT2D eigenvalue weighted by atomic mass is 16.3. The minimum atomic E-state index is -0.184. The van der Waals surface area contributed by atoms with Gasteiger partial charge in [-0.05, 0) is 30.3 Å². The molecule has 0 bridgehead atoms. The summed E-state index contributed by atoms with van der Waals surface area (Å²) >= 11 is 0. The van der Waals surface area contributed by atoms with Crippen LogP contribution in [-0.4, -0.2) is 25.1 Å². The first-order valence-corrected chi connectivity index (χ1v) is 6.39. The Morgan fingerprint density at radius 3 is 2.35 bits per heavy atom. The molecule has 0 fully saturated rings. The molecule has 2 aromatic rings. The Labute approximate surface area is 118 Å². The molecule has 0 aliphatic carbocycles. The molecule has 0 aromatic heterocycles. The SMILES string of the molecule is CN(C)c1ccc(C(=O)Nc2ccccc2CO)cc1. The van der Waals surface area contributed by atoms with Crippen molar-refractivity contribution in [3.05, 3.63) is 59.7 Å². The van der Waals surface area contributed by atoms with Gasteiger partial charge in [0, 0.05) is 36.6 Å². The third kappa shape index (κ3) is 3.16. The average Bonchev–Trinajstić information content (AvgIpc) is 2.48. The topological polar surface area (TPSA) is 52.6 Å². The van der Waals surface area contributed by atoms with Crippen molar-refractivity contribution >= 4 is 17.3 Å². The molecule has 0 spiro atoms. The predicted octanol–water partition coefficient (Wildman–Crippen LogP) is 2.50. The van der Waals surface area contributed by atoms with Crippen molar-refractivity contribution in [1.82, 2.24) is 0 Å². The van der Waals surface area contributed by atoms with Crippen molar-refractivity contribution in [2.24, 2.45) is 0 Å². The lowest BCUT2D eigenvalue weighted by molar-refractivity contribution is 0.102. The summed E-state index contributed by atoms with van der Waals surface area (Å²) in [4.78, 5) is 14.1. The van der Waals surface area contributed by atoms with Crippen LogP contribution in [0.15, 0.2) is 48.5 Å². The van der Waals surface area contributed by atoms with E-state index in [9.17, 15) is 9.90 Å². The molecule has 20 heavy (non-hydrogen) atoms. The summed E-state index contributed by atoms with van der Waals surface area (Å²) in [5.74, 6) is -0.184. The second kappa shape index (κ2) is 6.21. The number of aliphatic hydroxyl groups excluding tert-OH is 1. The summed E-state index contributed by atoms with van der Waals surface area (Å²) in [6.07, 6.45) is 0. The Bertz CT molecular complexity index is 592. The molecular weight excluding hydrogens is 252 g/mol. The van der Waals surface area contributed by atoms with E-state index in [1.54, 1.807) is 24.3 Å². The first-order valence-electron chi connectivity index (χ1n) is 6.39. The lowest BCUT2D eigenvalue weighted by Crippen LogP contribution is -2.14. The molecule has 4 heteroatoms. The Morgan fingerprint density at radius 2 is 1.75 bits per heavy atom. The van der Waals surface area contributed by atoms with Crippen molar-refractivity contribution < 1.29 is 9.90 Å². The van der Waals surface area contributed by atoms with E-state index in [1.165, 1.54) is 0 Å². The zero-order valence-electron chi connectivity index (χ0n) is 11.6. The maximum Gasteiger partial charge on any atom is 0.255 e. The summed E-state index contributed by atoms with van der Waals surface area (Å²) in [7, 11) is 3.90. The summed E-state index contributed by atoms with van der Waals surface area (Å²) in [6, 6.07) is 14.6. The Hall–Kier alpha value is -2.33. The van der Waals surface area contributed by atoms with Crippen LogP contribution in [0.1, 0.15) is 15.9 Å². The van der Waals surface area contributed by atoms with Crippen LogP contribution in [0.2, 0.25) is 0 Å². The van der Waals surface area contributed by atoms with E-state index in [0.717, 1.165) is 5.69 Å². The Morgan fingerprint density at radius 1 is 1.10 bits per heavy atom. The standard InChI is InChI=1S/C16H18N2O2/c1-18(2)14-9-7-12(8-10-14)16(20)17-15-6-4-3-5-13(15)11-19/h3-10,19H,11H2,1-2H3,(H,17,20). The number of carbonyl (C=O) groups excluding carboxylic acids is 1. The summed E-state index contributed by atoms with van der Waals surface area (Å²) in [5.41, 5.74) is 2.96. The number of benzene rings is 2. The number of nitrogens with zero attached hydrogens (tertiary/aromatic N) is 1. The Balaban J connectivity index is 2.15. The van der Waals surface area contributed by atoms with Gasteiger partial charge in [-0.15, -0.1) is 0 Å². The number of rotatable bonds is 4. The van der Waals surface area contributed by atoms with Crippen molar-refractivity contribution in [2.75, 3.05) is 24.3 Å². The normalized spacial score (nSPS) is 10.2. The zero-order chi connectivity index (χ0) is 14.5. The second-order valence-corrected chi connectivity index (χ2v) is 4.71. The lowest BCUT2D eigenvalue weighted by atomic mass is 10.1. The molecule has 0 aliphatic rings. The minimum Gasteiger partial charge on any atom is -0.392 e. The molecule has 0 aliphatic heterocycles. The monoisotopic (exact) mass is 270 g/mol. The number of amides is 1. The molecule has 2 N–H and O–H groups in total. The van der Waals surface area contributed by atoms with E-state index in [-0.39, 0.29) is 12.5 Å². The lowest BCUT2D eigenvalue weighted by Gasteiger charge is -2.13. The molecule has 0 saturated heterocycles. The quantitative estimate of drug-likeness (QED) is 0.897. The van der Waals surface area contributed by atoms with Crippen molar-refractivity contribution in [2.45, 2.75) is 6.61 Å². The number of anilines is 2. The molecule has 0 radical (unpaired) electrons. The van der Waals surface area contributed by atoms with Gasteiger partial charge in [0.15, 0.2) is 0 Å². The zero-order valence-corrected chi connectivity index (χ0v) is 11.6. The van der Waals surface area contributed by atoms with Crippen molar-refractivity contribution in [3.63, 3.8) is 0 Å². The molecule has 4 nitrogen and oxygen atoms in total. The minimum absolute atomic E-state index is 0.101. The summed E-state index contributed by atoms with van der Waals surface area (Å²) < 4.78 is 0. The van der Waals surface area contributed by atoms with Gasteiger partial charge in [0.1, 0.15) is 0 Å². The van der Waals surface area contributed by atoms with Gasteiger partial charge in [-0.3, -0.25) is 4.79 Å². The largest absolute Gasteiger partial charge is 0.392 e. The van der Waals surface area contributed by atoms with E-state index in [2.05, 4.69) is 5.32 Å². The van der Waals surface area contributed by atoms with Crippen LogP contribution in [-0.2, 0) is 6.61 Å². The van der Waals surface area contributed by atoms with E-state index >= 15 is 0 Å². The second-order valence-electron chi connectivity index (χ2n) is 4.71. The number of para-hydroxylation sites is 1. The number of aliphatic hydroxyl groups is 1. The van der Waals surface area contributed by atoms with Crippen LogP contribution >= 0.6 is 0 Å².